The summed E-state index contributed by atoms with van der Waals surface area (Å²) in [6.07, 6.45) is 3.49. The van der Waals surface area contributed by atoms with Crippen LogP contribution in [0.5, 0.6) is 0 Å². The fraction of sp³-hybridized carbons (Fsp3) is 0.320. The monoisotopic (exact) mass is 445 g/mol. The molecular formula is C25H31N5OSi. The van der Waals surface area contributed by atoms with Gasteiger partial charge in [0.15, 0.2) is 11.5 Å². The number of anilines is 1. The van der Waals surface area contributed by atoms with Crippen molar-refractivity contribution in [3.05, 3.63) is 72.8 Å². The number of fused-ring (bicyclic) bond motifs is 1. The van der Waals surface area contributed by atoms with Crippen molar-refractivity contribution in [2.24, 2.45) is 0 Å². The van der Waals surface area contributed by atoms with E-state index in [0.717, 1.165) is 24.3 Å². The van der Waals surface area contributed by atoms with Gasteiger partial charge < -0.3 is 10.2 Å². The normalized spacial score (nSPS) is 12.4. The molecule has 2 aromatic carbocycles. The van der Waals surface area contributed by atoms with Crippen LogP contribution < -0.4 is 16.1 Å². The van der Waals surface area contributed by atoms with Gasteiger partial charge >= 0.3 is 0 Å². The predicted molar refractivity (Wildman–Crippen MR) is 132 cm³/mol. The summed E-state index contributed by atoms with van der Waals surface area (Å²) in [6.45, 7) is 9.25. The molecule has 0 bridgehead atoms. The minimum atomic E-state index is -2.66. The minimum absolute atomic E-state index is 0.104. The van der Waals surface area contributed by atoms with Crippen LogP contribution in [0.15, 0.2) is 67.0 Å². The highest BCUT2D eigenvalue weighted by atomic mass is 28.4. The minimum Gasteiger partial charge on any atom is -0.390 e. The van der Waals surface area contributed by atoms with E-state index in [4.69, 9.17) is 15.1 Å². The lowest BCUT2D eigenvalue weighted by Gasteiger charge is -2.43. The van der Waals surface area contributed by atoms with E-state index in [-0.39, 0.29) is 5.04 Å². The number of hydrogen-bond acceptors (Lipinski definition) is 5. The molecule has 0 saturated carbocycles. The highest BCUT2D eigenvalue weighted by Gasteiger charge is 2.50. The first kappa shape index (κ1) is 22.2. The van der Waals surface area contributed by atoms with Crippen LogP contribution in [0.2, 0.25) is 5.04 Å². The van der Waals surface area contributed by atoms with Crippen molar-refractivity contribution in [1.82, 2.24) is 19.5 Å². The Morgan fingerprint density at radius 1 is 0.938 bits per heavy atom. The van der Waals surface area contributed by atoms with Crippen molar-refractivity contribution in [3.63, 3.8) is 0 Å². The lowest BCUT2D eigenvalue weighted by atomic mass is 10.2. The Morgan fingerprint density at radius 2 is 1.53 bits per heavy atom. The van der Waals surface area contributed by atoms with Gasteiger partial charge in [0.05, 0.1) is 6.33 Å². The average molecular weight is 446 g/mol. The molecule has 6 nitrogen and oxygen atoms in total. The van der Waals surface area contributed by atoms with Gasteiger partial charge in [0.1, 0.15) is 18.1 Å². The van der Waals surface area contributed by atoms with E-state index >= 15 is 0 Å². The Labute approximate surface area is 190 Å². The van der Waals surface area contributed by atoms with Gasteiger partial charge in [-0.1, -0.05) is 88.4 Å². The standard InChI is InChI=1S/C25H31N5OSi/c1-5-12-21-28-23(26)22-24(29-21)30(17-27-22)18-31-32(25(2,3)4,19-13-8-6-9-14-19)20-15-10-7-11-16-20/h6-11,13-17H,5,12,18H2,1-4H3,(H2,26,28,29). The Hall–Kier alpha value is -3.03. The zero-order chi connectivity index (χ0) is 22.8. The van der Waals surface area contributed by atoms with E-state index in [1.165, 1.54) is 10.4 Å². The third-order valence-electron chi connectivity index (χ3n) is 5.85. The molecule has 4 rings (SSSR count). The predicted octanol–water partition coefficient (Wildman–Crippen LogP) is 3.90. The summed E-state index contributed by atoms with van der Waals surface area (Å²) in [6, 6.07) is 21.2. The molecule has 0 fully saturated rings. The molecule has 0 amide bonds. The van der Waals surface area contributed by atoms with E-state index in [2.05, 4.69) is 98.3 Å². The second-order valence-corrected chi connectivity index (χ2v) is 13.4. The maximum Gasteiger partial charge on any atom is 0.263 e. The molecule has 7 heteroatoms. The highest BCUT2D eigenvalue weighted by molar-refractivity contribution is 6.99. The molecular weight excluding hydrogens is 414 g/mol. The SMILES string of the molecule is CCCc1nc(N)c2ncn(CO[Si](c3ccccc3)(c3ccccc3)C(C)(C)C)c2n1. The summed E-state index contributed by atoms with van der Waals surface area (Å²) >= 11 is 0. The van der Waals surface area contributed by atoms with Crippen LogP contribution in [-0.4, -0.2) is 27.8 Å². The van der Waals surface area contributed by atoms with Crippen LogP contribution >= 0.6 is 0 Å². The molecule has 2 heterocycles. The zero-order valence-electron chi connectivity index (χ0n) is 19.2. The third kappa shape index (κ3) is 3.94. The molecule has 0 aliphatic heterocycles. The van der Waals surface area contributed by atoms with Crippen molar-refractivity contribution in [2.75, 3.05) is 5.73 Å². The molecule has 4 aromatic rings. The molecule has 0 unspecified atom stereocenters. The van der Waals surface area contributed by atoms with Crippen molar-refractivity contribution in [3.8, 4) is 0 Å². The second kappa shape index (κ2) is 8.84. The number of hydrogen-bond donors (Lipinski definition) is 1. The molecule has 32 heavy (non-hydrogen) atoms. The molecule has 0 spiro atoms. The number of nitrogens with two attached hydrogens (primary N) is 1. The third-order valence-corrected chi connectivity index (χ3v) is 10.8. The number of imidazole rings is 1. The lowest BCUT2D eigenvalue weighted by molar-refractivity contribution is 0.224. The first-order valence-electron chi connectivity index (χ1n) is 11.1. The van der Waals surface area contributed by atoms with Gasteiger partial charge in [0.25, 0.3) is 8.32 Å². The maximum atomic E-state index is 7.02. The van der Waals surface area contributed by atoms with Crippen LogP contribution in [0.3, 0.4) is 0 Å². The summed E-state index contributed by atoms with van der Waals surface area (Å²) in [5.74, 6) is 1.16. The Balaban J connectivity index is 1.81. The fourth-order valence-corrected chi connectivity index (χ4v) is 8.86. The largest absolute Gasteiger partial charge is 0.390 e. The van der Waals surface area contributed by atoms with Crippen molar-refractivity contribution >= 4 is 35.7 Å². The molecule has 166 valence electrons. The molecule has 2 N–H and O–H groups in total. The van der Waals surface area contributed by atoms with E-state index in [0.29, 0.717) is 18.1 Å². The quantitative estimate of drug-likeness (QED) is 0.437. The maximum absolute atomic E-state index is 7.02. The van der Waals surface area contributed by atoms with Gasteiger partial charge in [-0.05, 0) is 21.8 Å². The molecule has 0 atom stereocenters. The Morgan fingerprint density at radius 3 is 2.06 bits per heavy atom. The zero-order valence-corrected chi connectivity index (χ0v) is 20.2. The second-order valence-electron chi connectivity index (χ2n) is 9.10. The number of aryl methyl sites for hydroxylation is 1. The molecule has 0 aliphatic rings. The molecule has 0 radical (unpaired) electrons. The van der Waals surface area contributed by atoms with Crippen LogP contribution in [0.4, 0.5) is 5.82 Å². The van der Waals surface area contributed by atoms with Gasteiger partial charge in [-0.25, -0.2) is 15.0 Å². The average Bonchev–Trinajstić information content (AvgIpc) is 3.18. The summed E-state index contributed by atoms with van der Waals surface area (Å²) in [7, 11) is -2.66. The van der Waals surface area contributed by atoms with Gasteiger partial charge in [-0.2, -0.15) is 0 Å². The highest BCUT2D eigenvalue weighted by Crippen LogP contribution is 2.37. The van der Waals surface area contributed by atoms with Gasteiger partial charge in [-0.15, -0.1) is 0 Å². The van der Waals surface area contributed by atoms with Gasteiger partial charge in [0.2, 0.25) is 0 Å². The first-order valence-corrected chi connectivity index (χ1v) is 13.0. The van der Waals surface area contributed by atoms with E-state index in [1.807, 2.05) is 4.57 Å². The Kier molecular flexibility index (Phi) is 6.12. The summed E-state index contributed by atoms with van der Waals surface area (Å²) in [5.41, 5.74) is 7.52. The number of rotatable bonds is 7. The number of nitrogens with zero attached hydrogens (tertiary/aromatic N) is 4. The molecule has 2 aromatic heterocycles. The fourth-order valence-electron chi connectivity index (χ4n) is 4.37. The molecule has 0 aliphatic carbocycles. The van der Waals surface area contributed by atoms with E-state index < -0.39 is 8.32 Å². The topological polar surface area (TPSA) is 78.8 Å². The lowest BCUT2D eigenvalue weighted by Crippen LogP contribution is -2.66. The van der Waals surface area contributed by atoms with E-state index in [1.54, 1.807) is 6.33 Å². The van der Waals surface area contributed by atoms with Gasteiger partial charge in [-0.3, -0.25) is 4.57 Å². The van der Waals surface area contributed by atoms with Crippen molar-refractivity contribution in [1.29, 1.82) is 0 Å². The van der Waals surface area contributed by atoms with Crippen LogP contribution in [0.25, 0.3) is 11.2 Å². The van der Waals surface area contributed by atoms with Gasteiger partial charge in [0, 0.05) is 6.42 Å². The summed E-state index contributed by atoms with van der Waals surface area (Å²) in [5, 5.41) is 2.38. The van der Waals surface area contributed by atoms with E-state index in [9.17, 15) is 0 Å². The summed E-state index contributed by atoms with van der Waals surface area (Å²) in [4.78, 5) is 13.6. The molecule has 0 saturated heterocycles. The number of nitrogen functional groups attached to an aromatic ring is 1. The van der Waals surface area contributed by atoms with Crippen LogP contribution in [0, 0.1) is 0 Å². The van der Waals surface area contributed by atoms with Crippen LogP contribution in [-0.2, 0) is 17.6 Å². The van der Waals surface area contributed by atoms with Crippen molar-refractivity contribution in [2.45, 2.75) is 52.3 Å². The Bertz CT molecular complexity index is 1150. The number of aromatic nitrogens is 4. The first-order chi connectivity index (χ1) is 15.4. The van der Waals surface area contributed by atoms with Crippen molar-refractivity contribution < 1.29 is 4.43 Å². The number of benzene rings is 2. The van der Waals surface area contributed by atoms with Crippen LogP contribution in [0.1, 0.15) is 39.9 Å². The summed E-state index contributed by atoms with van der Waals surface area (Å²) < 4.78 is 8.97. The smallest absolute Gasteiger partial charge is 0.263 e.